The quantitative estimate of drug-likeness (QED) is 0.0937. The number of thioether (sulfide) groups is 1. The molecule has 0 fully saturated rings. The Bertz CT molecular complexity index is 1720. The standard InChI is InChI=1S/C31H28N4O4S3/c1-5-15-35-28(24-17-40-19(2)26(24)21-9-7-6-8-10-21)33-34-31(35)42-18-25(36)32-29-27(30(37)39-4)23(16-41-29)20-11-13-22(38-3)14-12-20/h5-14,16-17H,1,15,18H2,2-4H3,(H,32,36). The molecule has 0 radical (unpaired) electrons. The van der Waals surface area contributed by atoms with Crippen molar-refractivity contribution in [3.8, 4) is 39.4 Å². The van der Waals surface area contributed by atoms with E-state index in [-0.39, 0.29) is 11.7 Å². The van der Waals surface area contributed by atoms with Gasteiger partial charge in [-0.15, -0.1) is 39.4 Å². The number of nitrogens with one attached hydrogen (secondary N) is 1. The molecule has 0 aliphatic heterocycles. The van der Waals surface area contributed by atoms with E-state index in [1.165, 1.54) is 35.1 Å². The fourth-order valence-corrected chi connectivity index (χ4v) is 7.09. The van der Waals surface area contributed by atoms with Gasteiger partial charge in [-0.1, -0.05) is 60.3 Å². The van der Waals surface area contributed by atoms with Gasteiger partial charge < -0.3 is 14.8 Å². The summed E-state index contributed by atoms with van der Waals surface area (Å²) in [5.74, 6) is 0.688. The number of amides is 1. The van der Waals surface area contributed by atoms with Gasteiger partial charge in [0.25, 0.3) is 0 Å². The second kappa shape index (κ2) is 13.2. The van der Waals surface area contributed by atoms with Gasteiger partial charge in [-0.2, -0.15) is 0 Å². The highest BCUT2D eigenvalue weighted by molar-refractivity contribution is 7.99. The van der Waals surface area contributed by atoms with Crippen molar-refractivity contribution in [2.45, 2.75) is 18.6 Å². The Morgan fingerprint density at radius 3 is 2.43 bits per heavy atom. The lowest BCUT2D eigenvalue weighted by molar-refractivity contribution is -0.113. The number of carbonyl (C=O) groups is 2. The van der Waals surface area contributed by atoms with E-state index < -0.39 is 5.97 Å². The van der Waals surface area contributed by atoms with Crippen molar-refractivity contribution in [2.75, 3.05) is 25.3 Å². The number of nitrogens with zero attached hydrogens (tertiary/aromatic N) is 3. The van der Waals surface area contributed by atoms with E-state index in [0.717, 1.165) is 28.1 Å². The Morgan fingerprint density at radius 1 is 1.00 bits per heavy atom. The van der Waals surface area contributed by atoms with Gasteiger partial charge in [-0.05, 0) is 30.2 Å². The molecule has 8 nitrogen and oxygen atoms in total. The number of allylic oxidation sites excluding steroid dienone is 1. The summed E-state index contributed by atoms with van der Waals surface area (Å²) in [6, 6.07) is 17.5. The maximum Gasteiger partial charge on any atom is 0.341 e. The molecule has 0 aliphatic carbocycles. The Hall–Kier alpha value is -4.19. The highest BCUT2D eigenvalue weighted by Gasteiger charge is 2.24. The molecule has 3 heterocycles. The van der Waals surface area contributed by atoms with E-state index in [4.69, 9.17) is 9.47 Å². The number of carbonyl (C=O) groups excluding carboxylic acids is 2. The van der Waals surface area contributed by atoms with Crippen LogP contribution in [-0.2, 0) is 16.1 Å². The number of thiophene rings is 2. The van der Waals surface area contributed by atoms with Crippen LogP contribution in [0.25, 0.3) is 33.6 Å². The van der Waals surface area contributed by atoms with E-state index in [2.05, 4.69) is 46.5 Å². The zero-order valence-corrected chi connectivity index (χ0v) is 25.7. The molecule has 5 rings (SSSR count). The highest BCUT2D eigenvalue weighted by Crippen LogP contribution is 2.40. The summed E-state index contributed by atoms with van der Waals surface area (Å²) in [5.41, 5.74) is 5.01. The van der Waals surface area contributed by atoms with Crippen LogP contribution in [-0.4, -0.2) is 46.6 Å². The largest absolute Gasteiger partial charge is 0.497 e. The van der Waals surface area contributed by atoms with Gasteiger partial charge in [0.1, 0.15) is 16.3 Å². The van der Waals surface area contributed by atoms with Crippen LogP contribution in [0.15, 0.2) is 83.2 Å². The second-order valence-corrected chi connectivity index (χ2v) is 12.0. The maximum absolute atomic E-state index is 13.1. The summed E-state index contributed by atoms with van der Waals surface area (Å²) in [6.45, 7) is 6.49. The third-order valence-electron chi connectivity index (χ3n) is 6.47. The predicted molar refractivity (Wildman–Crippen MR) is 171 cm³/mol. The van der Waals surface area contributed by atoms with E-state index in [9.17, 15) is 9.59 Å². The Balaban J connectivity index is 1.36. The molecule has 5 aromatic rings. The topological polar surface area (TPSA) is 95.3 Å². The molecule has 0 aliphatic rings. The smallest absolute Gasteiger partial charge is 0.341 e. The first-order chi connectivity index (χ1) is 20.4. The Morgan fingerprint density at radius 2 is 1.74 bits per heavy atom. The number of aryl methyl sites for hydroxylation is 1. The second-order valence-electron chi connectivity index (χ2n) is 9.06. The number of ether oxygens (including phenoxy) is 2. The van der Waals surface area contributed by atoms with Gasteiger partial charge in [0.2, 0.25) is 5.91 Å². The molecule has 0 saturated heterocycles. The van der Waals surface area contributed by atoms with Crippen molar-refractivity contribution in [3.63, 3.8) is 0 Å². The van der Waals surface area contributed by atoms with Crippen LogP contribution in [0.1, 0.15) is 15.2 Å². The number of aromatic nitrogens is 3. The van der Waals surface area contributed by atoms with Crippen molar-refractivity contribution in [2.24, 2.45) is 0 Å². The zero-order chi connectivity index (χ0) is 29.6. The molecule has 1 amide bonds. The fraction of sp³-hybridized carbons (Fsp3) is 0.161. The SMILES string of the molecule is C=CCn1c(SCC(=O)Nc2scc(-c3ccc(OC)cc3)c2C(=O)OC)nnc1-c1csc(C)c1-c1ccccc1. The van der Waals surface area contributed by atoms with Crippen molar-refractivity contribution in [3.05, 3.63) is 88.5 Å². The average molecular weight is 617 g/mol. The minimum absolute atomic E-state index is 0.0693. The Kier molecular flexibility index (Phi) is 9.21. The van der Waals surface area contributed by atoms with Crippen LogP contribution in [0, 0.1) is 6.92 Å². The van der Waals surface area contributed by atoms with E-state index >= 15 is 0 Å². The molecule has 0 spiro atoms. The van der Waals surface area contributed by atoms with Gasteiger partial charge >= 0.3 is 5.97 Å². The van der Waals surface area contributed by atoms with Crippen molar-refractivity contribution in [1.29, 1.82) is 0 Å². The lowest BCUT2D eigenvalue weighted by Gasteiger charge is -2.10. The first-order valence-corrected chi connectivity index (χ1v) is 15.6. The summed E-state index contributed by atoms with van der Waals surface area (Å²) in [5, 5.41) is 16.8. The minimum atomic E-state index is -0.527. The normalized spacial score (nSPS) is 10.8. The molecule has 11 heteroatoms. The number of hydrogen-bond acceptors (Lipinski definition) is 9. The number of anilines is 1. The molecule has 0 atom stereocenters. The lowest BCUT2D eigenvalue weighted by Crippen LogP contribution is -2.16. The van der Waals surface area contributed by atoms with Gasteiger partial charge in [0.05, 0.1) is 20.0 Å². The summed E-state index contributed by atoms with van der Waals surface area (Å²) < 4.78 is 12.2. The third kappa shape index (κ3) is 6.03. The fourth-order valence-electron chi connectivity index (χ4n) is 4.50. The predicted octanol–water partition coefficient (Wildman–Crippen LogP) is 7.42. The molecule has 3 aromatic heterocycles. The molecule has 42 heavy (non-hydrogen) atoms. The van der Waals surface area contributed by atoms with E-state index in [0.29, 0.717) is 33.6 Å². The van der Waals surface area contributed by atoms with Crippen molar-refractivity contribution >= 4 is 51.3 Å². The molecule has 2 aromatic carbocycles. The number of rotatable bonds is 11. The van der Waals surface area contributed by atoms with Crippen LogP contribution in [0.2, 0.25) is 0 Å². The average Bonchev–Trinajstić information content (AvgIpc) is 3.73. The van der Waals surface area contributed by atoms with Gasteiger partial charge in [0, 0.05) is 38.9 Å². The maximum atomic E-state index is 13.1. The summed E-state index contributed by atoms with van der Waals surface area (Å²) >= 11 is 4.21. The molecular weight excluding hydrogens is 589 g/mol. The third-order valence-corrected chi connectivity index (χ3v) is 9.25. The van der Waals surface area contributed by atoms with E-state index in [1.54, 1.807) is 24.5 Å². The number of hydrogen-bond donors (Lipinski definition) is 1. The van der Waals surface area contributed by atoms with Gasteiger partial charge in [0.15, 0.2) is 11.0 Å². The van der Waals surface area contributed by atoms with Crippen LogP contribution < -0.4 is 10.1 Å². The van der Waals surface area contributed by atoms with Gasteiger partial charge in [-0.3, -0.25) is 9.36 Å². The molecule has 214 valence electrons. The van der Waals surface area contributed by atoms with Crippen molar-refractivity contribution in [1.82, 2.24) is 14.8 Å². The van der Waals surface area contributed by atoms with Crippen LogP contribution in [0.4, 0.5) is 5.00 Å². The highest BCUT2D eigenvalue weighted by atomic mass is 32.2. The minimum Gasteiger partial charge on any atom is -0.497 e. The van der Waals surface area contributed by atoms with E-state index in [1.807, 2.05) is 52.4 Å². The summed E-state index contributed by atoms with van der Waals surface area (Å²) in [4.78, 5) is 27.0. The number of esters is 1. The first-order valence-electron chi connectivity index (χ1n) is 12.9. The van der Waals surface area contributed by atoms with Crippen molar-refractivity contribution < 1.29 is 19.1 Å². The number of methoxy groups -OCH3 is 2. The summed E-state index contributed by atoms with van der Waals surface area (Å²) in [6.07, 6.45) is 1.79. The van der Waals surface area contributed by atoms with Gasteiger partial charge in [-0.25, -0.2) is 4.79 Å². The number of benzene rings is 2. The van der Waals surface area contributed by atoms with Crippen LogP contribution >= 0.6 is 34.4 Å². The first kappa shape index (κ1) is 29.3. The monoisotopic (exact) mass is 616 g/mol. The lowest BCUT2D eigenvalue weighted by atomic mass is 10.0. The molecular formula is C31H28N4O4S3. The van der Waals surface area contributed by atoms with Crippen LogP contribution in [0.3, 0.4) is 0 Å². The Labute approximate surface area is 256 Å². The molecule has 0 saturated carbocycles. The zero-order valence-electron chi connectivity index (χ0n) is 23.2. The summed E-state index contributed by atoms with van der Waals surface area (Å²) in [7, 11) is 2.91. The van der Waals surface area contributed by atoms with Crippen LogP contribution in [0.5, 0.6) is 5.75 Å². The molecule has 0 unspecified atom stereocenters. The molecule has 0 bridgehead atoms. The molecule has 1 N–H and O–H groups in total.